The van der Waals surface area contributed by atoms with E-state index in [0.717, 1.165) is 6.07 Å². The van der Waals surface area contributed by atoms with Crippen molar-refractivity contribution in [3.63, 3.8) is 0 Å². The number of halogens is 1. The zero-order valence-corrected chi connectivity index (χ0v) is 8.22. The summed E-state index contributed by atoms with van der Waals surface area (Å²) >= 11 is 0. The van der Waals surface area contributed by atoms with Crippen molar-refractivity contribution in [2.45, 2.75) is 0 Å². The lowest BCUT2D eigenvalue weighted by atomic mass is 10.0. The lowest BCUT2D eigenvalue weighted by molar-refractivity contribution is 0.0693. The van der Waals surface area contributed by atoms with Crippen LogP contribution in [0.25, 0.3) is 11.1 Å². The molecule has 0 spiro atoms. The van der Waals surface area contributed by atoms with Crippen LogP contribution in [0, 0.1) is 5.82 Å². The maximum Gasteiger partial charge on any atom is 0.339 e. The van der Waals surface area contributed by atoms with Crippen molar-refractivity contribution < 1.29 is 14.3 Å². The van der Waals surface area contributed by atoms with Crippen molar-refractivity contribution in [2.75, 3.05) is 0 Å². The number of carboxylic acids is 1. The first-order valence-electron chi connectivity index (χ1n) is 4.62. The Balaban J connectivity index is 2.66. The third-order valence-electron chi connectivity index (χ3n) is 2.22. The summed E-state index contributed by atoms with van der Waals surface area (Å²) < 4.78 is 13.4. The highest BCUT2D eigenvalue weighted by atomic mass is 19.1. The topological polar surface area (TPSA) is 50.2 Å². The van der Waals surface area contributed by atoms with Gasteiger partial charge in [-0.05, 0) is 29.3 Å². The maximum absolute atomic E-state index is 13.4. The predicted octanol–water partition coefficient (Wildman–Crippen LogP) is 2.59. The van der Waals surface area contributed by atoms with Crippen LogP contribution >= 0.6 is 0 Å². The Bertz CT molecular complexity index is 526. The fraction of sp³-hybridized carbons (Fsp3) is 0. The molecule has 0 atom stereocenters. The molecule has 3 nitrogen and oxygen atoms in total. The van der Waals surface area contributed by atoms with Gasteiger partial charge in [-0.3, -0.25) is 4.98 Å². The number of pyridine rings is 1. The molecular weight excluding hydrogens is 209 g/mol. The average molecular weight is 217 g/mol. The summed E-state index contributed by atoms with van der Waals surface area (Å²) in [6, 6.07) is 7.47. The van der Waals surface area contributed by atoms with E-state index in [1.807, 2.05) is 0 Å². The van der Waals surface area contributed by atoms with E-state index >= 15 is 0 Å². The normalized spacial score (nSPS) is 10.1. The van der Waals surface area contributed by atoms with Crippen LogP contribution in [0.4, 0.5) is 4.39 Å². The highest BCUT2D eigenvalue weighted by molar-refractivity contribution is 5.96. The molecule has 1 aromatic heterocycles. The molecule has 0 amide bonds. The number of nitrogens with zero attached hydrogens (tertiary/aromatic N) is 1. The second-order valence-corrected chi connectivity index (χ2v) is 3.20. The molecule has 0 aliphatic carbocycles. The molecular formula is C12H8FNO2. The minimum absolute atomic E-state index is 0.311. The van der Waals surface area contributed by atoms with Crippen LogP contribution in [-0.4, -0.2) is 16.1 Å². The number of carboxylic acid groups (broad SMARTS) is 1. The van der Waals surface area contributed by atoms with Gasteiger partial charge < -0.3 is 5.11 Å². The molecule has 1 N–H and O–H groups in total. The van der Waals surface area contributed by atoms with Gasteiger partial charge in [0.25, 0.3) is 0 Å². The van der Waals surface area contributed by atoms with Gasteiger partial charge in [-0.25, -0.2) is 9.18 Å². The number of aromatic carboxylic acids is 1. The molecule has 0 saturated carbocycles. The van der Waals surface area contributed by atoms with Crippen molar-refractivity contribution in [2.24, 2.45) is 0 Å². The summed E-state index contributed by atoms with van der Waals surface area (Å²) in [4.78, 5) is 14.8. The third kappa shape index (κ3) is 1.77. The lowest BCUT2D eigenvalue weighted by Gasteiger charge is -2.06. The van der Waals surface area contributed by atoms with Gasteiger partial charge in [-0.1, -0.05) is 12.1 Å². The van der Waals surface area contributed by atoms with Crippen molar-refractivity contribution >= 4 is 5.97 Å². The Hall–Kier alpha value is -2.23. The van der Waals surface area contributed by atoms with Gasteiger partial charge in [0.2, 0.25) is 0 Å². The van der Waals surface area contributed by atoms with Crippen LogP contribution in [0.1, 0.15) is 10.4 Å². The van der Waals surface area contributed by atoms with Crippen molar-refractivity contribution in [1.29, 1.82) is 0 Å². The molecule has 0 radical (unpaired) electrons. The first-order chi connectivity index (χ1) is 7.70. The van der Waals surface area contributed by atoms with Crippen LogP contribution in [0.5, 0.6) is 0 Å². The van der Waals surface area contributed by atoms with Crippen LogP contribution in [0.15, 0.2) is 42.7 Å². The molecule has 2 rings (SSSR count). The van der Waals surface area contributed by atoms with E-state index in [1.165, 1.54) is 18.5 Å². The van der Waals surface area contributed by atoms with Gasteiger partial charge in [0.1, 0.15) is 11.4 Å². The summed E-state index contributed by atoms with van der Waals surface area (Å²) in [6.07, 6.45) is 3.07. The van der Waals surface area contributed by atoms with Gasteiger partial charge in [0, 0.05) is 12.4 Å². The summed E-state index contributed by atoms with van der Waals surface area (Å²) in [5.41, 5.74) is 0.676. The van der Waals surface area contributed by atoms with Gasteiger partial charge >= 0.3 is 5.97 Å². The summed E-state index contributed by atoms with van der Waals surface area (Å²) in [6.45, 7) is 0. The number of hydrogen-bond acceptors (Lipinski definition) is 2. The largest absolute Gasteiger partial charge is 0.478 e. The standard InChI is InChI=1S/C12H8FNO2/c13-10-3-1-2-9(11(10)12(15)16)8-4-6-14-7-5-8/h1-7H,(H,15,16). The zero-order valence-electron chi connectivity index (χ0n) is 8.22. The number of benzene rings is 1. The smallest absolute Gasteiger partial charge is 0.339 e. The summed E-state index contributed by atoms with van der Waals surface area (Å²) in [5, 5.41) is 8.95. The summed E-state index contributed by atoms with van der Waals surface area (Å²) in [5.74, 6) is -2.01. The first-order valence-corrected chi connectivity index (χ1v) is 4.62. The van der Waals surface area contributed by atoms with Crippen LogP contribution in [-0.2, 0) is 0 Å². The van der Waals surface area contributed by atoms with E-state index in [-0.39, 0.29) is 5.56 Å². The van der Waals surface area contributed by atoms with E-state index in [2.05, 4.69) is 4.98 Å². The van der Waals surface area contributed by atoms with Crippen LogP contribution < -0.4 is 0 Å². The van der Waals surface area contributed by atoms with Gasteiger partial charge in [0.05, 0.1) is 0 Å². The quantitative estimate of drug-likeness (QED) is 0.841. The molecule has 1 aromatic carbocycles. The molecule has 0 fully saturated rings. The van der Waals surface area contributed by atoms with Gasteiger partial charge in [-0.15, -0.1) is 0 Å². The van der Waals surface area contributed by atoms with Crippen LogP contribution in [0.2, 0.25) is 0 Å². The molecule has 80 valence electrons. The lowest BCUT2D eigenvalue weighted by Crippen LogP contribution is -2.03. The van der Waals surface area contributed by atoms with Gasteiger partial charge in [0.15, 0.2) is 0 Å². The molecule has 0 unspecified atom stereocenters. The molecule has 0 saturated heterocycles. The molecule has 16 heavy (non-hydrogen) atoms. The fourth-order valence-electron chi connectivity index (χ4n) is 1.51. The van der Waals surface area contributed by atoms with E-state index in [9.17, 15) is 9.18 Å². The molecule has 2 aromatic rings. The van der Waals surface area contributed by atoms with Crippen molar-refractivity contribution in [3.8, 4) is 11.1 Å². The Morgan fingerprint density at radius 2 is 1.88 bits per heavy atom. The Kier molecular flexibility index (Phi) is 2.64. The second kappa shape index (κ2) is 4.10. The van der Waals surface area contributed by atoms with Crippen molar-refractivity contribution in [3.05, 3.63) is 54.1 Å². The van der Waals surface area contributed by atoms with E-state index < -0.39 is 11.8 Å². The SMILES string of the molecule is O=C(O)c1c(F)cccc1-c1ccncc1. The minimum Gasteiger partial charge on any atom is -0.478 e. The van der Waals surface area contributed by atoms with E-state index in [0.29, 0.717) is 11.1 Å². The molecule has 0 aliphatic heterocycles. The fourth-order valence-corrected chi connectivity index (χ4v) is 1.51. The summed E-state index contributed by atoms with van der Waals surface area (Å²) in [7, 11) is 0. The number of rotatable bonds is 2. The Morgan fingerprint density at radius 1 is 1.19 bits per heavy atom. The van der Waals surface area contributed by atoms with Crippen molar-refractivity contribution in [1.82, 2.24) is 4.98 Å². The van der Waals surface area contributed by atoms with Gasteiger partial charge in [-0.2, -0.15) is 0 Å². The Labute approximate surface area is 91.2 Å². The highest BCUT2D eigenvalue weighted by Gasteiger charge is 2.16. The monoisotopic (exact) mass is 217 g/mol. The maximum atomic E-state index is 13.4. The minimum atomic E-state index is -1.27. The van der Waals surface area contributed by atoms with Crippen LogP contribution in [0.3, 0.4) is 0 Å². The van der Waals surface area contributed by atoms with E-state index in [4.69, 9.17) is 5.11 Å². The first kappa shape index (κ1) is 10.3. The average Bonchev–Trinajstić information content (AvgIpc) is 2.29. The third-order valence-corrected chi connectivity index (χ3v) is 2.22. The highest BCUT2D eigenvalue weighted by Crippen LogP contribution is 2.25. The zero-order chi connectivity index (χ0) is 11.5. The molecule has 1 heterocycles. The number of carbonyl (C=O) groups is 1. The number of aromatic nitrogens is 1. The molecule has 0 aliphatic rings. The molecule has 0 bridgehead atoms. The second-order valence-electron chi connectivity index (χ2n) is 3.20. The Morgan fingerprint density at radius 3 is 2.50 bits per heavy atom. The molecule has 4 heteroatoms. The van der Waals surface area contributed by atoms with E-state index in [1.54, 1.807) is 18.2 Å². The number of hydrogen-bond donors (Lipinski definition) is 1. The predicted molar refractivity (Wildman–Crippen MR) is 56.6 cm³/mol.